The molecular weight excluding hydrogens is 417 g/mol. The fourth-order valence-corrected chi connectivity index (χ4v) is 9.16. The Morgan fingerprint density at radius 3 is 2.65 bits per heavy atom. The molecule has 5 heterocycles. The molecule has 7 rings (SSSR count). The van der Waals surface area contributed by atoms with E-state index in [-0.39, 0.29) is 17.9 Å². The van der Waals surface area contributed by atoms with Crippen molar-refractivity contribution < 1.29 is 4.74 Å². The monoisotopic (exact) mass is 455 g/mol. The number of hydrogen-bond acceptors (Lipinski definition) is 4. The van der Waals surface area contributed by atoms with Crippen LogP contribution in [0.4, 0.5) is 0 Å². The Kier molecular flexibility index (Phi) is 5.39. The molecule has 2 aromatic rings. The number of benzene rings is 2. The van der Waals surface area contributed by atoms with Gasteiger partial charge in [-0.3, -0.25) is 10.2 Å². The molecule has 5 aliphatic heterocycles. The summed E-state index contributed by atoms with van der Waals surface area (Å²) in [4.78, 5) is 2.53. The topological polar surface area (TPSA) is 36.5 Å². The standard InChI is InChI=1S/C29H38BN3O/c1-33-18-8-13-23-28(33)34-27-22(12-7-16-32-27)29(23)21-11-5-6-14-25(21)30(20-9-3-2-4-10-20)26-15-17-31-19-24(26)29/h2-6,9-11,14,22-24,26-28,31-32H,7-8,12-13,15-19H2,1H3. The first-order chi connectivity index (χ1) is 16.8. The lowest BCUT2D eigenvalue weighted by Gasteiger charge is -2.67. The summed E-state index contributed by atoms with van der Waals surface area (Å²) in [7, 11) is 2.30. The summed E-state index contributed by atoms with van der Waals surface area (Å²) in [5.74, 6) is 2.40. The number of nitrogens with zero attached hydrogens (tertiary/aromatic N) is 1. The molecule has 4 fully saturated rings. The van der Waals surface area contributed by atoms with Crippen molar-refractivity contribution in [2.24, 2.45) is 17.8 Å². The van der Waals surface area contributed by atoms with Crippen LogP contribution in [0.1, 0.15) is 37.7 Å². The van der Waals surface area contributed by atoms with Crippen LogP contribution in [0.3, 0.4) is 0 Å². The van der Waals surface area contributed by atoms with Crippen molar-refractivity contribution in [1.29, 1.82) is 0 Å². The molecule has 0 amide bonds. The van der Waals surface area contributed by atoms with Crippen molar-refractivity contribution in [2.75, 3.05) is 33.2 Å². The van der Waals surface area contributed by atoms with E-state index < -0.39 is 0 Å². The first-order valence-corrected chi connectivity index (χ1v) is 13.7. The van der Waals surface area contributed by atoms with E-state index in [1.807, 2.05) is 0 Å². The molecule has 2 N–H and O–H groups in total. The Balaban J connectivity index is 1.49. The maximum atomic E-state index is 6.93. The molecule has 0 saturated carbocycles. The lowest BCUT2D eigenvalue weighted by atomic mass is 9.23. The molecule has 7 atom stereocenters. The van der Waals surface area contributed by atoms with Crippen molar-refractivity contribution in [2.45, 2.75) is 55.8 Å². The zero-order valence-corrected chi connectivity index (χ0v) is 20.5. The van der Waals surface area contributed by atoms with E-state index in [1.165, 1.54) is 37.6 Å². The van der Waals surface area contributed by atoms with Gasteiger partial charge in [-0.1, -0.05) is 65.5 Å². The fourth-order valence-electron chi connectivity index (χ4n) is 9.16. The van der Waals surface area contributed by atoms with Crippen LogP contribution in [0.2, 0.25) is 5.82 Å². The van der Waals surface area contributed by atoms with E-state index in [1.54, 1.807) is 11.0 Å². The average Bonchev–Trinajstić information content (AvgIpc) is 2.90. The largest absolute Gasteiger partial charge is 0.344 e. The third-order valence-corrected chi connectivity index (χ3v) is 10.2. The van der Waals surface area contributed by atoms with Crippen LogP contribution in [0.25, 0.3) is 0 Å². The summed E-state index contributed by atoms with van der Waals surface area (Å²) in [6, 6.07) is 21.0. The van der Waals surface area contributed by atoms with Crippen molar-refractivity contribution in [3.63, 3.8) is 0 Å². The first-order valence-electron chi connectivity index (χ1n) is 13.7. The van der Waals surface area contributed by atoms with Gasteiger partial charge in [-0.15, -0.1) is 0 Å². The number of hydrogen-bond donors (Lipinski definition) is 2. The molecule has 2 aromatic carbocycles. The number of likely N-dealkylation sites (tertiary alicyclic amines) is 1. The highest BCUT2D eigenvalue weighted by Gasteiger charge is 2.66. The highest BCUT2D eigenvalue weighted by atomic mass is 16.5. The predicted molar refractivity (Wildman–Crippen MR) is 139 cm³/mol. The van der Waals surface area contributed by atoms with Crippen molar-refractivity contribution in [3.8, 4) is 0 Å². The van der Waals surface area contributed by atoms with Gasteiger partial charge in [-0.25, -0.2) is 0 Å². The molecule has 178 valence electrons. The SMILES string of the molecule is CN1CCCC2C1OC1NCCCC1C21c2ccccc2B(c2ccccc2)C2CCNCC21. The molecule has 34 heavy (non-hydrogen) atoms. The molecule has 0 radical (unpaired) electrons. The molecule has 5 aliphatic rings. The third-order valence-electron chi connectivity index (χ3n) is 10.2. The Hall–Kier alpha value is -1.66. The second-order valence-corrected chi connectivity index (χ2v) is 11.6. The summed E-state index contributed by atoms with van der Waals surface area (Å²) in [6.45, 7) is 5.00. The van der Waals surface area contributed by atoms with E-state index in [2.05, 4.69) is 77.2 Å². The Morgan fingerprint density at radius 2 is 1.74 bits per heavy atom. The van der Waals surface area contributed by atoms with E-state index in [4.69, 9.17) is 4.74 Å². The highest BCUT2D eigenvalue weighted by Crippen LogP contribution is 2.61. The number of ether oxygens (including phenoxy) is 1. The van der Waals surface area contributed by atoms with Crippen molar-refractivity contribution in [1.82, 2.24) is 15.5 Å². The summed E-state index contributed by atoms with van der Waals surface area (Å²) in [5, 5.41) is 7.73. The van der Waals surface area contributed by atoms with Gasteiger partial charge in [0.15, 0.2) is 0 Å². The molecule has 1 spiro atoms. The Bertz CT molecular complexity index is 1030. The van der Waals surface area contributed by atoms with Crippen molar-refractivity contribution in [3.05, 3.63) is 60.2 Å². The summed E-state index contributed by atoms with van der Waals surface area (Å²) in [6.07, 6.45) is 6.74. The molecule has 5 heteroatoms. The van der Waals surface area contributed by atoms with Gasteiger partial charge in [0, 0.05) is 23.8 Å². The van der Waals surface area contributed by atoms with Gasteiger partial charge in [0.05, 0.1) is 0 Å². The molecule has 0 aromatic heterocycles. The molecule has 7 unspecified atom stereocenters. The minimum absolute atomic E-state index is 0.162. The Morgan fingerprint density at radius 1 is 0.912 bits per heavy atom. The zero-order valence-electron chi connectivity index (χ0n) is 20.5. The van der Waals surface area contributed by atoms with Crippen LogP contribution >= 0.6 is 0 Å². The smallest absolute Gasteiger partial charge is 0.213 e. The van der Waals surface area contributed by atoms with Crippen molar-refractivity contribution >= 4 is 17.6 Å². The first kappa shape index (κ1) is 21.6. The molecule has 0 bridgehead atoms. The number of piperidine rings is 3. The second kappa shape index (κ2) is 8.48. The van der Waals surface area contributed by atoms with Gasteiger partial charge < -0.3 is 10.1 Å². The normalized spacial score (nSPS) is 39.6. The number of fused-ring (bicyclic) bond motifs is 8. The maximum absolute atomic E-state index is 6.93. The predicted octanol–water partition coefficient (Wildman–Crippen LogP) is 2.55. The third kappa shape index (κ3) is 3.00. The Labute approximate surface area is 204 Å². The van der Waals surface area contributed by atoms with E-state index in [0.29, 0.717) is 30.3 Å². The minimum Gasteiger partial charge on any atom is -0.344 e. The minimum atomic E-state index is 0.162. The van der Waals surface area contributed by atoms with Gasteiger partial charge in [-0.2, -0.15) is 0 Å². The van der Waals surface area contributed by atoms with E-state index in [0.717, 1.165) is 26.2 Å². The molecule has 4 nitrogen and oxygen atoms in total. The highest BCUT2D eigenvalue weighted by molar-refractivity contribution is 6.87. The lowest BCUT2D eigenvalue weighted by Crippen LogP contribution is -2.75. The van der Waals surface area contributed by atoms with Gasteiger partial charge in [0.1, 0.15) is 12.5 Å². The fraction of sp³-hybridized carbons (Fsp3) is 0.586. The summed E-state index contributed by atoms with van der Waals surface area (Å²) in [5.41, 5.74) is 4.93. The van der Waals surface area contributed by atoms with Crippen LogP contribution in [0.5, 0.6) is 0 Å². The van der Waals surface area contributed by atoms with Crippen LogP contribution in [0, 0.1) is 17.8 Å². The lowest BCUT2D eigenvalue weighted by molar-refractivity contribution is -0.248. The number of rotatable bonds is 1. The van der Waals surface area contributed by atoms with E-state index in [9.17, 15) is 0 Å². The maximum Gasteiger partial charge on any atom is 0.213 e. The molecular formula is C29H38BN3O. The van der Waals surface area contributed by atoms with E-state index >= 15 is 0 Å². The summed E-state index contributed by atoms with van der Waals surface area (Å²) < 4.78 is 6.93. The van der Waals surface area contributed by atoms with Gasteiger partial charge >= 0.3 is 0 Å². The second-order valence-electron chi connectivity index (χ2n) is 11.6. The summed E-state index contributed by atoms with van der Waals surface area (Å²) >= 11 is 0. The van der Waals surface area contributed by atoms with Gasteiger partial charge in [0.2, 0.25) is 6.71 Å². The van der Waals surface area contributed by atoms with Gasteiger partial charge in [0.25, 0.3) is 0 Å². The van der Waals surface area contributed by atoms with Crippen LogP contribution in [0.15, 0.2) is 54.6 Å². The zero-order chi connectivity index (χ0) is 22.7. The number of nitrogens with one attached hydrogen (secondary N) is 2. The van der Waals surface area contributed by atoms with Gasteiger partial charge in [-0.05, 0) is 76.1 Å². The van der Waals surface area contributed by atoms with Crippen LogP contribution in [-0.4, -0.2) is 57.3 Å². The molecule has 4 saturated heterocycles. The van der Waals surface area contributed by atoms with Crippen LogP contribution in [-0.2, 0) is 10.2 Å². The van der Waals surface area contributed by atoms with Crippen LogP contribution < -0.4 is 21.6 Å². The quantitative estimate of drug-likeness (QED) is 0.649. The molecule has 0 aliphatic carbocycles. The average molecular weight is 455 g/mol.